The largest absolute Gasteiger partial charge is 0.309 e. The number of thiophene rings is 1. The van der Waals surface area contributed by atoms with E-state index in [4.69, 9.17) is 0 Å². The van der Waals surface area contributed by atoms with Crippen LogP contribution in [0.4, 0.5) is 0 Å². The van der Waals surface area contributed by atoms with Gasteiger partial charge in [0.05, 0.1) is 0 Å². The van der Waals surface area contributed by atoms with Crippen molar-refractivity contribution in [2.75, 3.05) is 20.6 Å². The molecule has 0 spiro atoms. The van der Waals surface area contributed by atoms with E-state index in [0.717, 1.165) is 13.0 Å². The molecule has 0 saturated heterocycles. The van der Waals surface area contributed by atoms with Crippen LogP contribution in [0.25, 0.3) is 26.1 Å². The number of nitrogens with zero attached hydrogens (tertiary/aromatic N) is 1. The molecule has 2 heteroatoms. The summed E-state index contributed by atoms with van der Waals surface area (Å²) in [4.78, 5) is 3.68. The first-order valence-electron chi connectivity index (χ1n) is 7.72. The molecule has 0 aliphatic heterocycles. The Kier molecular flexibility index (Phi) is 3.36. The van der Waals surface area contributed by atoms with Gasteiger partial charge in [0, 0.05) is 32.6 Å². The van der Waals surface area contributed by atoms with Crippen molar-refractivity contribution in [3.63, 3.8) is 0 Å². The highest BCUT2D eigenvalue weighted by molar-refractivity contribution is 7.22. The van der Waals surface area contributed by atoms with Gasteiger partial charge in [0.2, 0.25) is 0 Å². The van der Waals surface area contributed by atoms with E-state index in [0.29, 0.717) is 0 Å². The van der Waals surface area contributed by atoms with Crippen LogP contribution in [-0.2, 0) is 0 Å². The fourth-order valence-corrected chi connectivity index (χ4v) is 4.49. The second-order valence-corrected chi connectivity index (χ2v) is 7.11. The fourth-order valence-electron chi connectivity index (χ4n) is 3.23. The first kappa shape index (κ1) is 13.7. The molecule has 2 aromatic carbocycles. The topological polar surface area (TPSA) is 3.24 Å². The van der Waals surface area contributed by atoms with Crippen molar-refractivity contribution in [1.82, 2.24) is 4.90 Å². The van der Waals surface area contributed by atoms with Crippen LogP contribution in [0, 0.1) is 0 Å². The smallest absolute Gasteiger partial charge is 0.0440 e. The lowest BCUT2D eigenvalue weighted by Gasteiger charge is -2.08. The van der Waals surface area contributed by atoms with Crippen molar-refractivity contribution < 1.29 is 0 Å². The Morgan fingerprint density at radius 1 is 0.955 bits per heavy atom. The first-order valence-corrected chi connectivity index (χ1v) is 8.54. The van der Waals surface area contributed by atoms with Crippen LogP contribution in [0.1, 0.15) is 17.5 Å². The van der Waals surface area contributed by atoms with Gasteiger partial charge in [0.1, 0.15) is 0 Å². The average Bonchev–Trinajstić information content (AvgIpc) is 3.03. The lowest BCUT2D eigenvalue weighted by Crippen LogP contribution is -2.11. The predicted octanol–water partition coefficient (Wildman–Crippen LogP) is 5.27. The summed E-state index contributed by atoms with van der Waals surface area (Å²) < 4.78 is 1.39. The molecule has 1 aromatic heterocycles. The standard InChI is InChI=1S/C20H19NS/c1-21(2)13-7-11-15-14-8-3-4-9-16(14)20-19(15)17-10-5-6-12-18(17)22-20/h3-6,8-12H,7,13H2,1-2H3/b15-11-. The van der Waals surface area contributed by atoms with E-state index in [-0.39, 0.29) is 0 Å². The number of hydrogen-bond acceptors (Lipinski definition) is 2. The molecule has 1 heterocycles. The van der Waals surface area contributed by atoms with Gasteiger partial charge in [0.25, 0.3) is 0 Å². The van der Waals surface area contributed by atoms with Crippen LogP contribution in [0.5, 0.6) is 0 Å². The van der Waals surface area contributed by atoms with E-state index < -0.39 is 0 Å². The van der Waals surface area contributed by atoms with Crippen molar-refractivity contribution >= 4 is 27.0 Å². The van der Waals surface area contributed by atoms with Gasteiger partial charge in [-0.05, 0) is 37.7 Å². The van der Waals surface area contributed by atoms with Gasteiger partial charge < -0.3 is 4.90 Å². The number of rotatable bonds is 3. The van der Waals surface area contributed by atoms with E-state index >= 15 is 0 Å². The maximum atomic E-state index is 2.42. The third kappa shape index (κ3) is 2.11. The molecule has 1 nitrogen and oxygen atoms in total. The van der Waals surface area contributed by atoms with Gasteiger partial charge in [-0.15, -0.1) is 11.3 Å². The van der Waals surface area contributed by atoms with Crippen molar-refractivity contribution in [1.29, 1.82) is 0 Å². The summed E-state index contributed by atoms with van der Waals surface area (Å²) in [5, 5.41) is 1.40. The minimum absolute atomic E-state index is 1.08. The van der Waals surface area contributed by atoms with Crippen molar-refractivity contribution in [2.24, 2.45) is 0 Å². The third-order valence-electron chi connectivity index (χ3n) is 4.25. The zero-order chi connectivity index (χ0) is 15.1. The molecule has 1 aliphatic rings. The van der Waals surface area contributed by atoms with Crippen LogP contribution in [0.3, 0.4) is 0 Å². The van der Waals surface area contributed by atoms with Gasteiger partial charge in [-0.1, -0.05) is 48.5 Å². The van der Waals surface area contributed by atoms with Crippen LogP contribution < -0.4 is 0 Å². The maximum Gasteiger partial charge on any atom is 0.0440 e. The fraction of sp³-hybridized carbons (Fsp3) is 0.200. The first-order chi connectivity index (χ1) is 10.8. The molecule has 1 aliphatic carbocycles. The van der Waals surface area contributed by atoms with Crippen LogP contribution >= 0.6 is 11.3 Å². The maximum absolute atomic E-state index is 2.42. The van der Waals surface area contributed by atoms with Gasteiger partial charge in [0.15, 0.2) is 0 Å². The molecule has 0 fully saturated rings. The molecular weight excluding hydrogens is 286 g/mol. The number of benzene rings is 2. The summed E-state index contributed by atoms with van der Waals surface area (Å²) in [7, 11) is 4.26. The van der Waals surface area contributed by atoms with E-state index in [1.54, 1.807) is 0 Å². The summed E-state index contributed by atoms with van der Waals surface area (Å²) in [6, 6.07) is 17.6. The van der Waals surface area contributed by atoms with Gasteiger partial charge in [-0.3, -0.25) is 0 Å². The minimum atomic E-state index is 1.08. The Morgan fingerprint density at radius 3 is 2.50 bits per heavy atom. The molecular formula is C20H19NS. The van der Waals surface area contributed by atoms with Crippen LogP contribution in [-0.4, -0.2) is 25.5 Å². The molecule has 0 N–H and O–H groups in total. The molecule has 0 radical (unpaired) electrons. The lowest BCUT2D eigenvalue weighted by atomic mass is 10.0. The summed E-state index contributed by atoms with van der Waals surface area (Å²) >= 11 is 1.92. The second-order valence-electron chi connectivity index (χ2n) is 6.06. The van der Waals surface area contributed by atoms with Crippen LogP contribution in [0.2, 0.25) is 0 Å². The molecule has 3 aromatic rings. The highest BCUT2D eigenvalue weighted by Crippen LogP contribution is 2.51. The second kappa shape index (κ2) is 5.38. The molecule has 22 heavy (non-hydrogen) atoms. The molecule has 4 rings (SSSR count). The van der Waals surface area contributed by atoms with E-state index in [2.05, 4.69) is 73.6 Å². The van der Waals surface area contributed by atoms with E-state index in [9.17, 15) is 0 Å². The number of hydrogen-bond donors (Lipinski definition) is 0. The predicted molar refractivity (Wildman–Crippen MR) is 97.5 cm³/mol. The summed E-state index contributed by atoms with van der Waals surface area (Å²) in [6.45, 7) is 1.09. The molecule has 110 valence electrons. The Balaban J connectivity index is 1.92. The Bertz CT molecular complexity index is 870. The van der Waals surface area contributed by atoms with E-state index in [1.807, 2.05) is 11.3 Å². The molecule has 0 bridgehead atoms. The van der Waals surface area contributed by atoms with Gasteiger partial charge >= 0.3 is 0 Å². The molecule has 0 unspecified atom stereocenters. The Hall–Kier alpha value is -1.90. The highest BCUT2D eigenvalue weighted by atomic mass is 32.1. The minimum Gasteiger partial charge on any atom is -0.309 e. The van der Waals surface area contributed by atoms with E-state index in [1.165, 1.54) is 37.2 Å². The summed E-state index contributed by atoms with van der Waals surface area (Å²) in [5.74, 6) is 0. The van der Waals surface area contributed by atoms with Gasteiger partial charge in [-0.25, -0.2) is 0 Å². The SMILES string of the molecule is CN(C)CC/C=C1/c2ccccc2-c2sc3ccccc3c21. The summed E-state index contributed by atoms with van der Waals surface area (Å²) in [5.41, 5.74) is 5.66. The molecule has 0 saturated carbocycles. The lowest BCUT2D eigenvalue weighted by molar-refractivity contribution is 0.417. The quantitative estimate of drug-likeness (QED) is 0.499. The van der Waals surface area contributed by atoms with Crippen molar-refractivity contribution in [2.45, 2.75) is 6.42 Å². The Labute approximate surface area is 135 Å². The van der Waals surface area contributed by atoms with Crippen molar-refractivity contribution in [3.8, 4) is 10.4 Å². The zero-order valence-electron chi connectivity index (χ0n) is 13.0. The average molecular weight is 305 g/mol. The molecule has 0 amide bonds. The monoisotopic (exact) mass is 305 g/mol. The Morgan fingerprint density at radius 2 is 1.68 bits per heavy atom. The normalized spacial score (nSPS) is 14.8. The zero-order valence-corrected chi connectivity index (χ0v) is 13.8. The molecule has 0 atom stereocenters. The third-order valence-corrected chi connectivity index (χ3v) is 5.46. The van der Waals surface area contributed by atoms with Crippen molar-refractivity contribution in [3.05, 3.63) is 65.7 Å². The van der Waals surface area contributed by atoms with Gasteiger partial charge in [-0.2, -0.15) is 0 Å². The number of fused-ring (bicyclic) bond motifs is 5. The highest BCUT2D eigenvalue weighted by Gasteiger charge is 2.27. The van der Waals surface area contributed by atoms with Crippen LogP contribution in [0.15, 0.2) is 54.6 Å². The summed E-state index contributed by atoms with van der Waals surface area (Å²) in [6.07, 6.45) is 3.50.